The van der Waals surface area contributed by atoms with Gasteiger partial charge in [-0.05, 0) is 29.8 Å². The van der Waals surface area contributed by atoms with E-state index in [0.717, 1.165) is 5.56 Å². The Kier molecular flexibility index (Phi) is 5.25. The number of rotatable bonds is 6. The summed E-state index contributed by atoms with van der Waals surface area (Å²) in [4.78, 5) is 12.2. The lowest BCUT2D eigenvalue weighted by Gasteiger charge is -2.12. The second kappa shape index (κ2) is 7.36. The number of aromatic hydroxyl groups is 1. The third kappa shape index (κ3) is 3.69. The Labute approximate surface area is 129 Å². The van der Waals surface area contributed by atoms with Crippen molar-refractivity contribution in [3.8, 4) is 17.2 Å². The molecule has 0 spiro atoms. The molecule has 0 aliphatic carbocycles. The Morgan fingerprint density at radius 2 is 1.59 bits per heavy atom. The first-order valence-corrected chi connectivity index (χ1v) is 6.81. The lowest BCUT2D eigenvalue weighted by molar-refractivity contribution is 0.0502. The minimum absolute atomic E-state index is 0.208. The first kappa shape index (κ1) is 15.7. The van der Waals surface area contributed by atoms with Crippen LogP contribution >= 0.6 is 0 Å². The van der Waals surface area contributed by atoms with Gasteiger partial charge >= 0.3 is 5.97 Å². The van der Waals surface area contributed by atoms with Crippen LogP contribution in [0.1, 0.15) is 15.9 Å². The van der Waals surface area contributed by atoms with Crippen LogP contribution < -0.4 is 9.47 Å². The van der Waals surface area contributed by atoms with Gasteiger partial charge < -0.3 is 19.3 Å². The van der Waals surface area contributed by atoms with Gasteiger partial charge in [0.25, 0.3) is 0 Å². The van der Waals surface area contributed by atoms with E-state index in [4.69, 9.17) is 14.2 Å². The number of ether oxygens (including phenoxy) is 3. The molecule has 0 amide bonds. The van der Waals surface area contributed by atoms with Crippen molar-refractivity contribution in [1.29, 1.82) is 0 Å². The van der Waals surface area contributed by atoms with Crippen molar-refractivity contribution in [2.75, 3.05) is 20.8 Å². The molecule has 116 valence electrons. The van der Waals surface area contributed by atoms with E-state index in [9.17, 15) is 9.90 Å². The van der Waals surface area contributed by atoms with Crippen LogP contribution in [0.3, 0.4) is 0 Å². The summed E-state index contributed by atoms with van der Waals surface area (Å²) in [5, 5.41) is 9.22. The number of phenolic OH excluding ortho intramolecular Hbond substituents is 1. The molecular formula is C17H18O5. The summed E-state index contributed by atoms with van der Waals surface area (Å²) in [5.41, 5.74) is 1.25. The van der Waals surface area contributed by atoms with Crippen molar-refractivity contribution >= 4 is 5.97 Å². The Bertz CT molecular complexity index is 612. The highest BCUT2D eigenvalue weighted by Gasteiger charge is 2.19. The molecule has 5 heteroatoms. The van der Waals surface area contributed by atoms with Crippen molar-refractivity contribution in [2.45, 2.75) is 6.42 Å². The minimum Gasteiger partial charge on any atom is -0.508 e. The molecule has 2 rings (SSSR count). The fourth-order valence-corrected chi connectivity index (χ4v) is 2.05. The molecule has 0 bridgehead atoms. The molecule has 0 unspecified atom stereocenters. The molecular weight excluding hydrogens is 284 g/mol. The summed E-state index contributed by atoms with van der Waals surface area (Å²) in [6, 6.07) is 11.9. The smallest absolute Gasteiger partial charge is 0.345 e. The van der Waals surface area contributed by atoms with Gasteiger partial charge in [0.15, 0.2) is 0 Å². The molecule has 2 aromatic carbocycles. The summed E-state index contributed by atoms with van der Waals surface area (Å²) in [7, 11) is 2.98. The van der Waals surface area contributed by atoms with Crippen LogP contribution in [0.4, 0.5) is 0 Å². The van der Waals surface area contributed by atoms with Crippen LogP contribution in [-0.2, 0) is 11.2 Å². The highest BCUT2D eigenvalue weighted by Crippen LogP contribution is 2.28. The summed E-state index contributed by atoms with van der Waals surface area (Å²) >= 11 is 0. The number of esters is 1. The quantitative estimate of drug-likeness (QED) is 0.831. The van der Waals surface area contributed by atoms with Gasteiger partial charge in [0.2, 0.25) is 0 Å². The molecule has 5 nitrogen and oxygen atoms in total. The Balaban J connectivity index is 2.02. The summed E-state index contributed by atoms with van der Waals surface area (Å²) < 4.78 is 15.6. The standard InChI is InChI=1S/C17H18O5/c1-20-14-4-3-5-15(21-2)16(14)17(19)22-11-10-12-6-8-13(18)9-7-12/h3-9,18H,10-11H2,1-2H3. The molecule has 2 aromatic rings. The van der Waals surface area contributed by atoms with Gasteiger partial charge in [-0.15, -0.1) is 0 Å². The molecule has 0 fully saturated rings. The van der Waals surface area contributed by atoms with Crippen molar-refractivity contribution in [1.82, 2.24) is 0 Å². The van der Waals surface area contributed by atoms with Gasteiger partial charge in [-0.25, -0.2) is 4.79 Å². The Morgan fingerprint density at radius 1 is 1.00 bits per heavy atom. The second-order valence-corrected chi connectivity index (χ2v) is 4.59. The summed E-state index contributed by atoms with van der Waals surface area (Å²) in [6.07, 6.45) is 0.559. The summed E-state index contributed by atoms with van der Waals surface area (Å²) in [6.45, 7) is 0.227. The first-order valence-electron chi connectivity index (χ1n) is 6.81. The zero-order valence-corrected chi connectivity index (χ0v) is 12.5. The highest BCUT2D eigenvalue weighted by atomic mass is 16.5. The maximum atomic E-state index is 12.2. The van der Waals surface area contributed by atoms with Crippen molar-refractivity contribution < 1.29 is 24.1 Å². The molecule has 0 aromatic heterocycles. The van der Waals surface area contributed by atoms with Crippen LogP contribution in [-0.4, -0.2) is 31.9 Å². The van der Waals surface area contributed by atoms with Gasteiger partial charge in [0, 0.05) is 6.42 Å². The lowest BCUT2D eigenvalue weighted by atomic mass is 10.1. The zero-order chi connectivity index (χ0) is 15.9. The molecule has 1 N–H and O–H groups in total. The second-order valence-electron chi connectivity index (χ2n) is 4.59. The van der Waals surface area contributed by atoms with E-state index in [-0.39, 0.29) is 17.9 Å². The van der Waals surface area contributed by atoms with E-state index in [1.165, 1.54) is 14.2 Å². The molecule has 0 saturated carbocycles. The zero-order valence-electron chi connectivity index (χ0n) is 12.5. The van der Waals surface area contributed by atoms with Crippen LogP contribution in [0.25, 0.3) is 0 Å². The van der Waals surface area contributed by atoms with Gasteiger partial charge in [-0.1, -0.05) is 18.2 Å². The maximum absolute atomic E-state index is 12.2. The van der Waals surface area contributed by atoms with Gasteiger partial charge in [0.1, 0.15) is 22.8 Å². The largest absolute Gasteiger partial charge is 0.508 e. The van der Waals surface area contributed by atoms with Gasteiger partial charge in [-0.2, -0.15) is 0 Å². The number of carbonyl (C=O) groups is 1. The van der Waals surface area contributed by atoms with Crippen molar-refractivity contribution in [2.24, 2.45) is 0 Å². The van der Waals surface area contributed by atoms with Crippen molar-refractivity contribution in [3.05, 3.63) is 53.6 Å². The minimum atomic E-state index is -0.493. The normalized spacial score (nSPS) is 10.1. The van der Waals surface area contributed by atoms with E-state index >= 15 is 0 Å². The van der Waals surface area contributed by atoms with Crippen LogP contribution in [0.5, 0.6) is 17.2 Å². The molecule has 0 aliphatic heterocycles. The predicted molar refractivity (Wildman–Crippen MR) is 81.6 cm³/mol. The number of benzene rings is 2. The number of methoxy groups -OCH3 is 2. The van der Waals surface area contributed by atoms with E-state index < -0.39 is 5.97 Å². The molecule has 0 radical (unpaired) electrons. The fraction of sp³-hybridized carbons (Fsp3) is 0.235. The average Bonchev–Trinajstić information content (AvgIpc) is 2.55. The topological polar surface area (TPSA) is 65.0 Å². The number of hydrogen-bond donors (Lipinski definition) is 1. The third-order valence-corrected chi connectivity index (χ3v) is 3.19. The number of hydrogen-bond acceptors (Lipinski definition) is 5. The van der Waals surface area contributed by atoms with E-state index in [1.807, 2.05) is 0 Å². The van der Waals surface area contributed by atoms with Crippen LogP contribution in [0.2, 0.25) is 0 Å². The van der Waals surface area contributed by atoms with Crippen LogP contribution in [0.15, 0.2) is 42.5 Å². The molecule has 0 saturated heterocycles. The third-order valence-electron chi connectivity index (χ3n) is 3.19. The first-order chi connectivity index (χ1) is 10.7. The lowest BCUT2D eigenvalue weighted by Crippen LogP contribution is -2.11. The molecule has 22 heavy (non-hydrogen) atoms. The SMILES string of the molecule is COc1cccc(OC)c1C(=O)OCCc1ccc(O)cc1. The van der Waals surface area contributed by atoms with E-state index in [0.29, 0.717) is 17.9 Å². The molecule has 0 atom stereocenters. The molecule has 0 heterocycles. The Morgan fingerprint density at radius 3 is 2.14 bits per heavy atom. The molecule has 0 aliphatic rings. The van der Waals surface area contributed by atoms with Crippen molar-refractivity contribution in [3.63, 3.8) is 0 Å². The summed E-state index contributed by atoms with van der Waals surface area (Å²) in [5.74, 6) is 0.538. The van der Waals surface area contributed by atoms with Crippen LogP contribution in [0, 0.1) is 0 Å². The number of carbonyl (C=O) groups excluding carboxylic acids is 1. The van der Waals surface area contributed by atoms with Gasteiger partial charge in [0.05, 0.1) is 20.8 Å². The van der Waals surface area contributed by atoms with E-state index in [2.05, 4.69) is 0 Å². The predicted octanol–water partition coefficient (Wildman–Crippen LogP) is 2.81. The highest BCUT2D eigenvalue weighted by molar-refractivity contribution is 5.95. The fourth-order valence-electron chi connectivity index (χ4n) is 2.05. The Hall–Kier alpha value is -2.69. The average molecular weight is 302 g/mol. The van der Waals surface area contributed by atoms with Gasteiger partial charge in [-0.3, -0.25) is 0 Å². The maximum Gasteiger partial charge on any atom is 0.345 e. The number of phenols is 1. The van der Waals surface area contributed by atoms with E-state index in [1.54, 1.807) is 42.5 Å². The monoisotopic (exact) mass is 302 g/mol.